The van der Waals surface area contributed by atoms with Crippen LogP contribution in [-0.4, -0.2) is 56.2 Å². The number of nitrogens with zero attached hydrogens (tertiary/aromatic N) is 1. The minimum Gasteiger partial charge on any atom is -0.383 e. The van der Waals surface area contributed by atoms with Crippen molar-refractivity contribution in [3.05, 3.63) is 0 Å². The quantitative estimate of drug-likeness (QED) is 0.619. The molecule has 2 atom stereocenters. The number of nitrogens with one attached hydrogen (secondary N) is 1. The maximum Gasteiger partial charge on any atom is 0.238 e. The zero-order valence-electron chi connectivity index (χ0n) is 12.0. The van der Waals surface area contributed by atoms with Crippen molar-refractivity contribution >= 4 is 5.91 Å². The van der Waals surface area contributed by atoms with Crippen LogP contribution in [0.15, 0.2) is 0 Å². The number of methoxy groups -OCH3 is 1. The lowest BCUT2D eigenvalue weighted by molar-refractivity contribution is -0.124. The first kappa shape index (κ1) is 15.4. The van der Waals surface area contributed by atoms with Gasteiger partial charge in [-0.05, 0) is 39.7 Å². The van der Waals surface area contributed by atoms with Gasteiger partial charge in [0.15, 0.2) is 0 Å². The SMILES string of the molecule is CNC(C)(CN(CCOC)C(C)C1CC1)C(N)=O. The number of rotatable bonds is 9. The van der Waals surface area contributed by atoms with Gasteiger partial charge in [0.05, 0.1) is 6.61 Å². The number of hydrogen-bond donors (Lipinski definition) is 2. The average Bonchev–Trinajstić information content (AvgIpc) is 3.17. The van der Waals surface area contributed by atoms with E-state index >= 15 is 0 Å². The lowest BCUT2D eigenvalue weighted by Gasteiger charge is -2.36. The highest BCUT2D eigenvalue weighted by molar-refractivity contribution is 5.84. The van der Waals surface area contributed by atoms with Crippen LogP contribution in [0, 0.1) is 5.92 Å². The van der Waals surface area contributed by atoms with Crippen LogP contribution in [-0.2, 0) is 9.53 Å². The van der Waals surface area contributed by atoms with Crippen LogP contribution in [0.4, 0.5) is 0 Å². The number of nitrogens with two attached hydrogens (primary N) is 1. The van der Waals surface area contributed by atoms with E-state index in [0.717, 1.165) is 12.5 Å². The molecule has 0 saturated heterocycles. The molecule has 0 spiro atoms. The maximum absolute atomic E-state index is 11.6. The zero-order valence-corrected chi connectivity index (χ0v) is 12.0. The summed E-state index contributed by atoms with van der Waals surface area (Å²) >= 11 is 0. The molecule has 3 N–H and O–H groups in total. The minimum atomic E-state index is -0.684. The van der Waals surface area contributed by atoms with Crippen LogP contribution in [0.3, 0.4) is 0 Å². The van der Waals surface area contributed by atoms with Gasteiger partial charge in [-0.15, -0.1) is 0 Å². The van der Waals surface area contributed by atoms with E-state index in [-0.39, 0.29) is 5.91 Å². The van der Waals surface area contributed by atoms with Gasteiger partial charge in [-0.1, -0.05) is 0 Å². The molecule has 0 aliphatic heterocycles. The molecule has 106 valence electrons. The van der Waals surface area contributed by atoms with Crippen molar-refractivity contribution < 1.29 is 9.53 Å². The lowest BCUT2D eigenvalue weighted by atomic mass is 9.99. The van der Waals surface area contributed by atoms with Crippen LogP contribution < -0.4 is 11.1 Å². The van der Waals surface area contributed by atoms with E-state index in [9.17, 15) is 4.79 Å². The fourth-order valence-electron chi connectivity index (χ4n) is 2.20. The van der Waals surface area contributed by atoms with E-state index in [1.54, 1.807) is 14.2 Å². The second-order valence-corrected chi connectivity index (χ2v) is 5.49. The largest absolute Gasteiger partial charge is 0.383 e. The number of primary amides is 1. The number of carbonyl (C=O) groups is 1. The van der Waals surface area contributed by atoms with E-state index in [4.69, 9.17) is 10.5 Å². The van der Waals surface area contributed by atoms with Crippen molar-refractivity contribution in [3.8, 4) is 0 Å². The summed E-state index contributed by atoms with van der Waals surface area (Å²) in [5, 5.41) is 3.04. The molecule has 0 aromatic rings. The maximum atomic E-state index is 11.6. The fraction of sp³-hybridized carbons (Fsp3) is 0.923. The van der Waals surface area contributed by atoms with Gasteiger partial charge >= 0.3 is 0 Å². The number of ether oxygens (including phenoxy) is 1. The van der Waals surface area contributed by atoms with Crippen LogP contribution >= 0.6 is 0 Å². The second-order valence-electron chi connectivity index (χ2n) is 5.49. The number of likely N-dealkylation sites (N-methyl/N-ethyl adjacent to an activating group) is 1. The van der Waals surface area contributed by atoms with Crippen molar-refractivity contribution in [2.75, 3.05) is 33.9 Å². The van der Waals surface area contributed by atoms with Crippen LogP contribution in [0.5, 0.6) is 0 Å². The van der Waals surface area contributed by atoms with Gasteiger partial charge in [0, 0.05) is 26.2 Å². The standard InChI is InChI=1S/C13H27N3O2/c1-10(11-5-6-11)16(7-8-18-4)9-13(2,15-3)12(14)17/h10-11,15H,5-9H2,1-4H3,(H2,14,17). The van der Waals surface area contributed by atoms with Crippen molar-refractivity contribution in [1.82, 2.24) is 10.2 Å². The van der Waals surface area contributed by atoms with E-state index in [1.807, 2.05) is 6.92 Å². The molecule has 1 aliphatic rings. The van der Waals surface area contributed by atoms with Crippen molar-refractivity contribution in [2.24, 2.45) is 11.7 Å². The van der Waals surface area contributed by atoms with Crippen LogP contribution in [0.25, 0.3) is 0 Å². The molecular formula is C13H27N3O2. The summed E-state index contributed by atoms with van der Waals surface area (Å²) < 4.78 is 5.15. The summed E-state index contributed by atoms with van der Waals surface area (Å²) in [5.74, 6) is 0.450. The van der Waals surface area contributed by atoms with E-state index in [0.29, 0.717) is 19.2 Å². The number of hydrogen-bond acceptors (Lipinski definition) is 4. The molecule has 1 rings (SSSR count). The lowest BCUT2D eigenvalue weighted by Crippen LogP contribution is -2.60. The van der Waals surface area contributed by atoms with Crippen molar-refractivity contribution in [2.45, 2.75) is 38.3 Å². The van der Waals surface area contributed by atoms with Gasteiger partial charge in [0.2, 0.25) is 5.91 Å². The number of amides is 1. The van der Waals surface area contributed by atoms with Gasteiger partial charge in [0.25, 0.3) is 0 Å². The number of carbonyl (C=O) groups excluding carboxylic acids is 1. The van der Waals surface area contributed by atoms with Crippen LogP contribution in [0.2, 0.25) is 0 Å². The summed E-state index contributed by atoms with van der Waals surface area (Å²) in [4.78, 5) is 13.9. The Balaban J connectivity index is 2.66. The Kier molecular flexibility index (Phi) is 5.56. The molecule has 0 aromatic heterocycles. The predicted octanol–water partition coefficient (Wildman–Crippen LogP) is 0.197. The van der Waals surface area contributed by atoms with Gasteiger partial charge < -0.3 is 15.8 Å². The third kappa shape index (κ3) is 3.93. The second kappa shape index (κ2) is 6.50. The smallest absolute Gasteiger partial charge is 0.238 e. The topological polar surface area (TPSA) is 67.6 Å². The van der Waals surface area contributed by atoms with Crippen molar-refractivity contribution in [3.63, 3.8) is 0 Å². The Labute approximate surface area is 110 Å². The first-order valence-electron chi connectivity index (χ1n) is 6.66. The highest BCUT2D eigenvalue weighted by atomic mass is 16.5. The Bertz CT molecular complexity index is 281. The molecule has 0 aromatic carbocycles. The normalized spacial score (nSPS) is 20.7. The van der Waals surface area contributed by atoms with Gasteiger partial charge in [-0.2, -0.15) is 0 Å². The monoisotopic (exact) mass is 257 g/mol. The minimum absolute atomic E-state index is 0.310. The van der Waals surface area contributed by atoms with Gasteiger partial charge in [0.1, 0.15) is 5.54 Å². The fourth-order valence-corrected chi connectivity index (χ4v) is 2.20. The van der Waals surface area contributed by atoms with Gasteiger partial charge in [-0.3, -0.25) is 9.69 Å². The summed E-state index contributed by atoms with van der Waals surface area (Å²) in [7, 11) is 3.48. The molecule has 1 aliphatic carbocycles. The summed E-state index contributed by atoms with van der Waals surface area (Å²) in [6.45, 7) is 6.22. The summed E-state index contributed by atoms with van der Waals surface area (Å²) in [6, 6.07) is 0.479. The Morgan fingerprint density at radius 1 is 1.61 bits per heavy atom. The molecule has 18 heavy (non-hydrogen) atoms. The summed E-state index contributed by atoms with van der Waals surface area (Å²) in [6.07, 6.45) is 2.58. The Hall–Kier alpha value is -0.650. The van der Waals surface area contributed by atoms with Crippen molar-refractivity contribution in [1.29, 1.82) is 0 Å². The first-order valence-corrected chi connectivity index (χ1v) is 6.66. The molecule has 2 unspecified atom stereocenters. The predicted molar refractivity (Wildman–Crippen MR) is 72.3 cm³/mol. The highest BCUT2D eigenvalue weighted by Crippen LogP contribution is 2.35. The molecule has 1 saturated carbocycles. The Morgan fingerprint density at radius 2 is 2.22 bits per heavy atom. The highest BCUT2D eigenvalue weighted by Gasteiger charge is 2.37. The summed E-state index contributed by atoms with van der Waals surface area (Å²) in [5.41, 5.74) is 4.81. The molecule has 5 nitrogen and oxygen atoms in total. The first-order chi connectivity index (χ1) is 8.44. The molecule has 0 bridgehead atoms. The van der Waals surface area contributed by atoms with Crippen LogP contribution in [0.1, 0.15) is 26.7 Å². The molecule has 0 heterocycles. The molecule has 5 heteroatoms. The Morgan fingerprint density at radius 3 is 2.61 bits per heavy atom. The third-order valence-corrected chi connectivity index (χ3v) is 4.08. The zero-order chi connectivity index (χ0) is 13.8. The molecular weight excluding hydrogens is 230 g/mol. The average molecular weight is 257 g/mol. The van der Waals surface area contributed by atoms with Gasteiger partial charge in [-0.25, -0.2) is 0 Å². The van der Waals surface area contributed by atoms with E-state index < -0.39 is 5.54 Å². The molecule has 1 fully saturated rings. The molecule has 1 amide bonds. The van der Waals surface area contributed by atoms with E-state index in [1.165, 1.54) is 12.8 Å². The van der Waals surface area contributed by atoms with E-state index in [2.05, 4.69) is 17.1 Å². The molecule has 0 radical (unpaired) electrons. The third-order valence-electron chi connectivity index (χ3n) is 4.08.